The lowest BCUT2D eigenvalue weighted by Crippen LogP contribution is -2.14. The number of aliphatic hydroxyl groups is 1. The lowest BCUT2D eigenvalue weighted by atomic mass is 10.1. The molecule has 2 N–H and O–H groups in total. The number of nitro groups is 1. The lowest BCUT2D eigenvalue weighted by molar-refractivity contribution is -0.384. The highest BCUT2D eigenvalue weighted by atomic mass is 16.6. The highest BCUT2D eigenvalue weighted by Gasteiger charge is 2.11. The monoisotopic (exact) mass is 302 g/mol. The lowest BCUT2D eigenvalue weighted by Gasteiger charge is -2.06. The molecule has 0 aromatic heterocycles. The number of aliphatic hydroxyl groups excluding tert-OH is 1. The number of nitrogens with zero attached hydrogens (tertiary/aromatic N) is 1. The van der Waals surface area contributed by atoms with E-state index in [0.717, 1.165) is 7.11 Å². The topological polar surface area (TPSA) is 110 Å². The van der Waals surface area contributed by atoms with Gasteiger partial charge in [-0.2, -0.15) is 0 Å². The number of anilines is 1. The van der Waals surface area contributed by atoms with Crippen LogP contribution in [0.15, 0.2) is 48.5 Å². The third kappa shape index (κ3) is 4.22. The number of carbonyl (C=O) groups is 2. The summed E-state index contributed by atoms with van der Waals surface area (Å²) in [7, 11) is 1.00. The molecule has 0 saturated heterocycles. The molecule has 7 heteroatoms. The number of rotatable bonds is 4. The van der Waals surface area contributed by atoms with Gasteiger partial charge in [-0.1, -0.05) is 18.2 Å². The quantitative estimate of drug-likeness (QED) is 0.511. The minimum Gasteiger partial charge on any atom is -0.400 e. The van der Waals surface area contributed by atoms with Crippen molar-refractivity contribution in [2.75, 3.05) is 12.4 Å². The summed E-state index contributed by atoms with van der Waals surface area (Å²) in [6.45, 7) is 0. The van der Waals surface area contributed by atoms with Crippen molar-refractivity contribution in [2.45, 2.75) is 0 Å². The molecule has 2 aromatic carbocycles. The van der Waals surface area contributed by atoms with Crippen LogP contribution in [-0.2, 0) is 0 Å². The van der Waals surface area contributed by atoms with E-state index in [-0.39, 0.29) is 16.8 Å². The summed E-state index contributed by atoms with van der Waals surface area (Å²) >= 11 is 0. The molecule has 114 valence electrons. The van der Waals surface area contributed by atoms with Crippen LogP contribution < -0.4 is 5.32 Å². The van der Waals surface area contributed by atoms with Gasteiger partial charge in [0.25, 0.3) is 11.6 Å². The van der Waals surface area contributed by atoms with E-state index in [4.69, 9.17) is 5.11 Å². The van der Waals surface area contributed by atoms with Crippen molar-refractivity contribution in [3.8, 4) is 0 Å². The largest absolute Gasteiger partial charge is 0.400 e. The Labute approximate surface area is 126 Å². The van der Waals surface area contributed by atoms with E-state index in [0.29, 0.717) is 12.0 Å². The van der Waals surface area contributed by atoms with Gasteiger partial charge in [0.2, 0.25) is 0 Å². The summed E-state index contributed by atoms with van der Waals surface area (Å²) in [5.74, 6) is -0.443. The number of nitrogens with one attached hydrogen (secondary N) is 1. The molecule has 0 aliphatic rings. The fourth-order valence-electron chi connectivity index (χ4n) is 1.67. The molecule has 0 heterocycles. The molecule has 7 nitrogen and oxygen atoms in total. The Hall–Kier alpha value is -3.06. The van der Waals surface area contributed by atoms with Gasteiger partial charge in [-0.05, 0) is 18.2 Å². The maximum Gasteiger partial charge on any atom is 0.269 e. The molecule has 0 spiro atoms. The van der Waals surface area contributed by atoms with Gasteiger partial charge in [0.05, 0.1) is 10.5 Å². The van der Waals surface area contributed by atoms with Gasteiger partial charge in [-0.3, -0.25) is 19.7 Å². The van der Waals surface area contributed by atoms with Gasteiger partial charge in [0.1, 0.15) is 0 Å². The summed E-state index contributed by atoms with van der Waals surface area (Å²) in [6, 6.07) is 11.8. The van der Waals surface area contributed by atoms with Crippen molar-refractivity contribution in [3.63, 3.8) is 0 Å². The van der Waals surface area contributed by atoms with Gasteiger partial charge in [0.15, 0.2) is 6.29 Å². The summed E-state index contributed by atoms with van der Waals surface area (Å²) in [4.78, 5) is 32.9. The second kappa shape index (κ2) is 8.28. The zero-order chi connectivity index (χ0) is 16.5. The van der Waals surface area contributed by atoms with Crippen molar-refractivity contribution < 1.29 is 19.6 Å². The highest BCUT2D eigenvalue weighted by molar-refractivity contribution is 6.08. The number of carbonyl (C=O) groups excluding carboxylic acids is 2. The number of amides is 1. The number of hydrogen-bond donors (Lipinski definition) is 2. The van der Waals surface area contributed by atoms with Crippen LogP contribution >= 0.6 is 0 Å². The van der Waals surface area contributed by atoms with Crippen LogP contribution in [0.5, 0.6) is 0 Å². The Balaban J connectivity index is 0.00000116. The predicted octanol–water partition coefficient (Wildman–Crippen LogP) is 2.27. The minimum absolute atomic E-state index is 0.0590. The van der Waals surface area contributed by atoms with Crippen LogP contribution in [0, 0.1) is 10.1 Å². The molecule has 0 aliphatic heterocycles. The van der Waals surface area contributed by atoms with Crippen molar-refractivity contribution in [1.29, 1.82) is 0 Å². The molecule has 0 atom stereocenters. The van der Waals surface area contributed by atoms with Crippen molar-refractivity contribution in [2.24, 2.45) is 0 Å². The fraction of sp³-hybridized carbons (Fsp3) is 0.0667. The first-order valence-corrected chi connectivity index (χ1v) is 6.16. The van der Waals surface area contributed by atoms with Crippen LogP contribution in [0.25, 0.3) is 0 Å². The maximum absolute atomic E-state index is 12.0. The third-order valence-corrected chi connectivity index (χ3v) is 2.67. The standard InChI is InChI=1S/C14H10N2O4.CH4O/c17-9-10-3-1-2-4-13(10)14(18)15-11-5-7-12(8-6-11)16(19)20;1-2/h1-9H,(H,15,18);2H,1H3. The van der Waals surface area contributed by atoms with Crippen LogP contribution in [-0.4, -0.2) is 29.3 Å². The SMILES string of the molecule is CO.O=Cc1ccccc1C(=O)Nc1ccc([N+](=O)[O-])cc1. The molecule has 0 radical (unpaired) electrons. The van der Waals surface area contributed by atoms with Crippen LogP contribution in [0.4, 0.5) is 11.4 Å². The van der Waals surface area contributed by atoms with E-state index in [1.807, 2.05) is 0 Å². The van der Waals surface area contributed by atoms with Crippen LogP contribution in [0.2, 0.25) is 0 Å². The summed E-state index contributed by atoms with van der Waals surface area (Å²) in [6.07, 6.45) is 0.602. The molecule has 22 heavy (non-hydrogen) atoms. The van der Waals surface area contributed by atoms with Gasteiger partial charge in [-0.25, -0.2) is 0 Å². The number of nitro benzene ring substituents is 1. The maximum atomic E-state index is 12.0. The van der Waals surface area contributed by atoms with Gasteiger partial charge < -0.3 is 10.4 Å². The molecule has 2 aromatic rings. The summed E-state index contributed by atoms with van der Waals surface area (Å²) in [5, 5.41) is 20.1. The van der Waals surface area contributed by atoms with Gasteiger partial charge in [0, 0.05) is 30.5 Å². The molecule has 2 rings (SSSR count). The molecular weight excluding hydrogens is 288 g/mol. The zero-order valence-corrected chi connectivity index (χ0v) is 11.7. The summed E-state index contributed by atoms with van der Waals surface area (Å²) < 4.78 is 0. The number of benzene rings is 2. The molecule has 0 aliphatic carbocycles. The third-order valence-electron chi connectivity index (χ3n) is 2.67. The molecule has 1 amide bonds. The van der Waals surface area contributed by atoms with E-state index in [1.54, 1.807) is 12.1 Å². The normalized spacial score (nSPS) is 9.18. The Kier molecular flexibility index (Phi) is 6.39. The highest BCUT2D eigenvalue weighted by Crippen LogP contribution is 2.16. The number of aldehydes is 1. The number of hydrogen-bond acceptors (Lipinski definition) is 5. The van der Waals surface area contributed by atoms with Crippen molar-refractivity contribution >= 4 is 23.6 Å². The Morgan fingerprint density at radius 3 is 2.27 bits per heavy atom. The van der Waals surface area contributed by atoms with E-state index in [2.05, 4.69) is 5.32 Å². The Bertz CT molecular complexity index is 668. The Morgan fingerprint density at radius 1 is 1.14 bits per heavy atom. The minimum atomic E-state index is -0.521. The van der Waals surface area contributed by atoms with Crippen molar-refractivity contribution in [3.05, 3.63) is 69.8 Å². The second-order valence-electron chi connectivity index (χ2n) is 3.96. The van der Waals surface area contributed by atoms with Crippen molar-refractivity contribution in [1.82, 2.24) is 0 Å². The second-order valence-corrected chi connectivity index (χ2v) is 3.96. The first-order chi connectivity index (χ1) is 10.6. The van der Waals surface area contributed by atoms with E-state index < -0.39 is 10.8 Å². The molecular formula is C15H14N2O5. The average Bonchev–Trinajstić information content (AvgIpc) is 2.57. The van der Waals surface area contributed by atoms with Gasteiger partial charge in [-0.15, -0.1) is 0 Å². The number of non-ortho nitro benzene ring substituents is 1. The molecule has 0 saturated carbocycles. The predicted molar refractivity (Wildman–Crippen MR) is 81.0 cm³/mol. The Morgan fingerprint density at radius 2 is 1.73 bits per heavy atom. The first kappa shape index (κ1) is 17.0. The van der Waals surface area contributed by atoms with E-state index >= 15 is 0 Å². The first-order valence-electron chi connectivity index (χ1n) is 6.16. The zero-order valence-electron chi connectivity index (χ0n) is 11.7. The fourth-order valence-corrected chi connectivity index (χ4v) is 1.67. The molecule has 0 fully saturated rings. The molecule has 0 unspecified atom stereocenters. The average molecular weight is 302 g/mol. The van der Waals surface area contributed by atoms with E-state index in [1.165, 1.54) is 36.4 Å². The van der Waals surface area contributed by atoms with Crippen LogP contribution in [0.1, 0.15) is 20.7 Å². The molecule has 0 bridgehead atoms. The van der Waals surface area contributed by atoms with E-state index in [9.17, 15) is 19.7 Å². The summed E-state index contributed by atoms with van der Waals surface area (Å²) in [5.41, 5.74) is 0.894. The smallest absolute Gasteiger partial charge is 0.269 e. The van der Waals surface area contributed by atoms with Gasteiger partial charge >= 0.3 is 0 Å². The van der Waals surface area contributed by atoms with Crippen LogP contribution in [0.3, 0.4) is 0 Å².